The monoisotopic (exact) mass is 217 g/mol. The molecule has 74 valence electrons. The average molecular weight is 218 g/mol. The van der Waals surface area contributed by atoms with E-state index in [1.807, 2.05) is 0 Å². The molecule has 1 aromatic heterocycles. The van der Waals surface area contributed by atoms with Crippen LogP contribution in [0.4, 0.5) is 0 Å². The first-order valence-corrected chi connectivity index (χ1v) is 6.08. The van der Waals surface area contributed by atoms with Crippen LogP contribution in [0.5, 0.6) is 0 Å². The fourth-order valence-corrected chi connectivity index (χ4v) is 2.19. The Morgan fingerprint density at radius 3 is 3.08 bits per heavy atom. The molecule has 1 unspecified atom stereocenters. The quantitative estimate of drug-likeness (QED) is 0.723. The molecule has 1 nitrogen and oxygen atoms in total. The van der Waals surface area contributed by atoms with E-state index in [0.29, 0.717) is 5.92 Å². The molecule has 0 aliphatic heterocycles. The molecule has 0 radical (unpaired) electrons. The molecular weight excluding hydrogens is 202 g/mol. The number of hydrogen-bond donors (Lipinski definition) is 1. The number of nitrogens with one attached hydrogen (secondary N) is 1. The number of alkyl halides is 1. The minimum absolute atomic E-state index is 0.677. The Morgan fingerprint density at radius 2 is 2.46 bits per heavy atom. The molecule has 1 N–H and O–H groups in total. The molecule has 0 fully saturated rings. The first-order chi connectivity index (χ1) is 6.33. The van der Waals surface area contributed by atoms with Crippen molar-refractivity contribution in [2.75, 3.05) is 12.4 Å². The van der Waals surface area contributed by atoms with Crippen LogP contribution < -0.4 is 5.32 Å². The summed E-state index contributed by atoms with van der Waals surface area (Å²) < 4.78 is 0. The molecule has 0 saturated heterocycles. The maximum Gasteiger partial charge on any atom is 0.0226 e. The third-order valence-corrected chi connectivity index (χ3v) is 2.95. The van der Waals surface area contributed by atoms with E-state index in [-0.39, 0.29) is 0 Å². The molecule has 0 aromatic carbocycles. The molecule has 0 saturated carbocycles. The summed E-state index contributed by atoms with van der Waals surface area (Å²) >= 11 is 7.40. The lowest BCUT2D eigenvalue weighted by molar-refractivity contribution is 0.502. The van der Waals surface area contributed by atoms with Crippen molar-refractivity contribution in [3.63, 3.8) is 0 Å². The van der Waals surface area contributed by atoms with Crippen molar-refractivity contribution < 1.29 is 0 Å². The van der Waals surface area contributed by atoms with Gasteiger partial charge in [-0.15, -0.1) is 11.6 Å². The summed E-state index contributed by atoms with van der Waals surface area (Å²) in [5.74, 6) is 1.44. The first-order valence-electron chi connectivity index (χ1n) is 4.60. The fourth-order valence-electron chi connectivity index (χ4n) is 1.14. The van der Waals surface area contributed by atoms with Crippen LogP contribution in [0.3, 0.4) is 0 Å². The van der Waals surface area contributed by atoms with Gasteiger partial charge in [0.25, 0.3) is 0 Å². The van der Waals surface area contributed by atoms with E-state index in [9.17, 15) is 0 Å². The van der Waals surface area contributed by atoms with E-state index in [4.69, 9.17) is 11.6 Å². The normalized spacial score (nSPS) is 13.1. The van der Waals surface area contributed by atoms with Gasteiger partial charge in [-0.1, -0.05) is 6.92 Å². The molecule has 0 spiro atoms. The highest BCUT2D eigenvalue weighted by atomic mass is 35.5. The van der Waals surface area contributed by atoms with Crippen molar-refractivity contribution in [2.24, 2.45) is 5.92 Å². The minimum atomic E-state index is 0.677. The summed E-state index contributed by atoms with van der Waals surface area (Å²) in [7, 11) is 0. The number of thiophene rings is 1. The van der Waals surface area contributed by atoms with E-state index >= 15 is 0 Å². The van der Waals surface area contributed by atoms with Crippen LogP contribution in [0.1, 0.15) is 18.9 Å². The lowest BCUT2D eigenvalue weighted by atomic mass is 10.1. The van der Waals surface area contributed by atoms with Crippen molar-refractivity contribution in [3.8, 4) is 0 Å². The molecule has 13 heavy (non-hydrogen) atoms. The van der Waals surface area contributed by atoms with Crippen molar-refractivity contribution in [1.29, 1.82) is 0 Å². The van der Waals surface area contributed by atoms with Gasteiger partial charge in [0.2, 0.25) is 0 Å². The van der Waals surface area contributed by atoms with Gasteiger partial charge in [0.1, 0.15) is 0 Å². The van der Waals surface area contributed by atoms with Gasteiger partial charge in [-0.25, -0.2) is 0 Å². The number of halogens is 1. The van der Waals surface area contributed by atoms with E-state index in [0.717, 1.165) is 25.4 Å². The van der Waals surface area contributed by atoms with Crippen LogP contribution in [0.15, 0.2) is 16.8 Å². The highest BCUT2D eigenvalue weighted by Gasteiger charge is 2.00. The maximum atomic E-state index is 5.65. The minimum Gasteiger partial charge on any atom is -0.312 e. The second-order valence-corrected chi connectivity index (χ2v) is 4.50. The summed E-state index contributed by atoms with van der Waals surface area (Å²) in [6, 6.07) is 2.16. The van der Waals surface area contributed by atoms with Gasteiger partial charge in [0, 0.05) is 12.4 Å². The van der Waals surface area contributed by atoms with Crippen LogP contribution in [-0.2, 0) is 6.54 Å². The summed E-state index contributed by atoms with van der Waals surface area (Å²) in [6.45, 7) is 4.27. The Bertz CT molecular complexity index is 211. The molecule has 3 heteroatoms. The first kappa shape index (κ1) is 11.0. The Kier molecular flexibility index (Phi) is 5.44. The average Bonchev–Trinajstić information content (AvgIpc) is 2.57. The largest absolute Gasteiger partial charge is 0.312 e. The molecule has 0 bridgehead atoms. The van der Waals surface area contributed by atoms with Crippen LogP contribution in [0, 0.1) is 5.92 Å². The molecule has 0 amide bonds. The predicted octanol–water partition coefficient (Wildman–Crippen LogP) is 3.10. The summed E-state index contributed by atoms with van der Waals surface area (Å²) in [4.78, 5) is 0. The van der Waals surface area contributed by atoms with E-state index in [1.54, 1.807) is 11.3 Å². The third-order valence-electron chi connectivity index (χ3n) is 2.00. The van der Waals surface area contributed by atoms with Gasteiger partial charge in [0.15, 0.2) is 0 Å². The van der Waals surface area contributed by atoms with Gasteiger partial charge in [-0.3, -0.25) is 0 Å². The number of hydrogen-bond acceptors (Lipinski definition) is 2. The van der Waals surface area contributed by atoms with Gasteiger partial charge in [0.05, 0.1) is 0 Å². The second kappa shape index (κ2) is 6.41. The Balaban J connectivity index is 2.07. The fraction of sp³-hybridized carbons (Fsp3) is 0.600. The van der Waals surface area contributed by atoms with Gasteiger partial charge in [-0.2, -0.15) is 11.3 Å². The van der Waals surface area contributed by atoms with E-state index in [2.05, 4.69) is 29.1 Å². The third kappa shape index (κ3) is 4.65. The van der Waals surface area contributed by atoms with Gasteiger partial charge in [-0.05, 0) is 41.3 Å². The zero-order chi connectivity index (χ0) is 9.52. The zero-order valence-corrected chi connectivity index (χ0v) is 9.50. The molecule has 1 atom stereocenters. The SMILES string of the molecule is CC(CCCl)CNCc1ccsc1. The Labute approximate surface area is 89.1 Å². The Hall–Kier alpha value is -0.0500. The summed E-state index contributed by atoms with van der Waals surface area (Å²) in [5.41, 5.74) is 1.38. The zero-order valence-electron chi connectivity index (χ0n) is 7.92. The van der Waals surface area contributed by atoms with Crippen LogP contribution in [0.25, 0.3) is 0 Å². The van der Waals surface area contributed by atoms with E-state index < -0.39 is 0 Å². The smallest absolute Gasteiger partial charge is 0.0226 e. The molecular formula is C10H16ClNS. The van der Waals surface area contributed by atoms with E-state index in [1.165, 1.54) is 5.56 Å². The van der Waals surface area contributed by atoms with Gasteiger partial charge >= 0.3 is 0 Å². The van der Waals surface area contributed by atoms with Crippen LogP contribution >= 0.6 is 22.9 Å². The molecule has 0 aliphatic carbocycles. The van der Waals surface area contributed by atoms with Crippen LogP contribution in [0.2, 0.25) is 0 Å². The highest BCUT2D eigenvalue weighted by Crippen LogP contribution is 2.06. The molecule has 0 aliphatic rings. The van der Waals surface area contributed by atoms with Crippen molar-refractivity contribution in [3.05, 3.63) is 22.4 Å². The lowest BCUT2D eigenvalue weighted by Crippen LogP contribution is -2.20. The lowest BCUT2D eigenvalue weighted by Gasteiger charge is -2.09. The highest BCUT2D eigenvalue weighted by molar-refractivity contribution is 7.07. The summed E-state index contributed by atoms with van der Waals surface area (Å²) in [5, 5.41) is 7.71. The molecule has 1 heterocycles. The summed E-state index contributed by atoms with van der Waals surface area (Å²) in [6.07, 6.45) is 1.10. The van der Waals surface area contributed by atoms with Crippen molar-refractivity contribution in [1.82, 2.24) is 5.32 Å². The standard InChI is InChI=1S/C10H16ClNS/c1-9(2-4-11)6-12-7-10-3-5-13-8-10/h3,5,8-9,12H,2,4,6-7H2,1H3. The van der Waals surface area contributed by atoms with Crippen molar-refractivity contribution in [2.45, 2.75) is 19.9 Å². The van der Waals surface area contributed by atoms with Crippen molar-refractivity contribution >= 4 is 22.9 Å². The number of rotatable bonds is 6. The predicted molar refractivity (Wildman–Crippen MR) is 60.5 cm³/mol. The maximum absolute atomic E-state index is 5.65. The topological polar surface area (TPSA) is 12.0 Å². The second-order valence-electron chi connectivity index (χ2n) is 3.35. The van der Waals surface area contributed by atoms with Gasteiger partial charge < -0.3 is 5.32 Å². The molecule has 1 rings (SSSR count). The molecule has 1 aromatic rings. The Morgan fingerprint density at radius 1 is 1.62 bits per heavy atom. The van der Waals surface area contributed by atoms with Crippen LogP contribution in [-0.4, -0.2) is 12.4 Å².